The van der Waals surface area contributed by atoms with Crippen LogP contribution in [0.1, 0.15) is 25.1 Å². The number of hydrogen-bond donors (Lipinski definition) is 3. The van der Waals surface area contributed by atoms with Gasteiger partial charge in [0.15, 0.2) is 0 Å². The van der Waals surface area contributed by atoms with Gasteiger partial charge in [-0.2, -0.15) is 4.98 Å². The topological polar surface area (TPSA) is 70.1 Å². The number of aromatic nitrogens is 2. The van der Waals surface area contributed by atoms with Gasteiger partial charge in [-0.15, -0.1) is 11.3 Å². The molecular weight excluding hydrogens is 272 g/mol. The quantitative estimate of drug-likeness (QED) is 0.732. The summed E-state index contributed by atoms with van der Waals surface area (Å²) >= 11 is 1.67. The third kappa shape index (κ3) is 3.58. The lowest BCUT2D eigenvalue weighted by atomic mass is 10.2. The normalized spacial score (nSPS) is 12.6. The van der Waals surface area contributed by atoms with Gasteiger partial charge in [0.25, 0.3) is 0 Å². The van der Waals surface area contributed by atoms with E-state index < -0.39 is 0 Å². The van der Waals surface area contributed by atoms with Crippen LogP contribution in [-0.2, 0) is 0 Å². The molecule has 0 aliphatic heterocycles. The van der Waals surface area contributed by atoms with E-state index in [-0.39, 0.29) is 12.5 Å². The Kier molecular flexibility index (Phi) is 5.14. The molecule has 0 bridgehead atoms. The zero-order valence-electron chi connectivity index (χ0n) is 12.2. The minimum absolute atomic E-state index is 0.171. The fraction of sp³-hybridized carbons (Fsp3) is 0.571. The lowest BCUT2D eigenvalue weighted by Gasteiger charge is -2.12. The minimum atomic E-state index is 0.171. The maximum absolute atomic E-state index is 9.12. The van der Waals surface area contributed by atoms with E-state index >= 15 is 0 Å². The molecule has 0 spiro atoms. The molecule has 110 valence electrons. The highest BCUT2D eigenvalue weighted by molar-refractivity contribution is 7.18. The van der Waals surface area contributed by atoms with E-state index in [1.54, 1.807) is 11.3 Å². The highest BCUT2D eigenvalue weighted by atomic mass is 32.1. The summed E-state index contributed by atoms with van der Waals surface area (Å²) in [7, 11) is 0. The Morgan fingerprint density at radius 3 is 2.85 bits per heavy atom. The highest BCUT2D eigenvalue weighted by Crippen LogP contribution is 2.29. The molecule has 2 heterocycles. The Hall–Kier alpha value is -1.40. The van der Waals surface area contributed by atoms with Gasteiger partial charge < -0.3 is 15.7 Å². The van der Waals surface area contributed by atoms with Crippen LogP contribution in [0.4, 0.5) is 11.8 Å². The largest absolute Gasteiger partial charge is 0.396 e. The molecule has 6 heteroatoms. The molecule has 0 aliphatic carbocycles. The van der Waals surface area contributed by atoms with Gasteiger partial charge in [-0.3, -0.25) is 0 Å². The van der Waals surface area contributed by atoms with Crippen LogP contribution in [0.2, 0.25) is 0 Å². The average Bonchev–Trinajstić information content (AvgIpc) is 2.82. The van der Waals surface area contributed by atoms with Crippen molar-refractivity contribution in [3.8, 4) is 0 Å². The first-order valence-corrected chi connectivity index (χ1v) is 7.82. The van der Waals surface area contributed by atoms with Gasteiger partial charge >= 0.3 is 0 Å². The number of aliphatic hydroxyl groups excluding tert-OH is 1. The monoisotopic (exact) mass is 294 g/mol. The molecule has 2 aromatic rings. The van der Waals surface area contributed by atoms with Crippen molar-refractivity contribution in [1.29, 1.82) is 0 Å². The van der Waals surface area contributed by atoms with Crippen LogP contribution in [0, 0.1) is 12.8 Å². The Morgan fingerprint density at radius 2 is 2.15 bits per heavy atom. The lowest BCUT2D eigenvalue weighted by Crippen LogP contribution is -2.16. The van der Waals surface area contributed by atoms with E-state index in [0.29, 0.717) is 12.5 Å². The highest BCUT2D eigenvalue weighted by Gasteiger charge is 2.11. The number of hydrogen-bond acceptors (Lipinski definition) is 6. The minimum Gasteiger partial charge on any atom is -0.396 e. The van der Waals surface area contributed by atoms with Gasteiger partial charge in [-0.25, -0.2) is 4.98 Å². The Balaban J connectivity index is 2.28. The van der Waals surface area contributed by atoms with Gasteiger partial charge in [0.1, 0.15) is 10.6 Å². The van der Waals surface area contributed by atoms with Crippen molar-refractivity contribution in [1.82, 2.24) is 9.97 Å². The summed E-state index contributed by atoms with van der Waals surface area (Å²) in [5.74, 6) is 1.71. The Morgan fingerprint density at radius 1 is 1.35 bits per heavy atom. The number of anilines is 2. The summed E-state index contributed by atoms with van der Waals surface area (Å²) in [6.07, 6.45) is 1.04. The van der Waals surface area contributed by atoms with Crippen molar-refractivity contribution >= 4 is 33.3 Å². The summed E-state index contributed by atoms with van der Waals surface area (Å²) in [5.41, 5.74) is 0. The smallest absolute Gasteiger partial charge is 0.226 e. The number of nitrogens with zero attached hydrogens (tertiary/aromatic N) is 2. The average molecular weight is 294 g/mol. The van der Waals surface area contributed by atoms with E-state index in [1.165, 1.54) is 4.88 Å². The van der Waals surface area contributed by atoms with Crippen molar-refractivity contribution in [2.24, 2.45) is 5.92 Å². The molecule has 1 unspecified atom stereocenters. The summed E-state index contributed by atoms with van der Waals surface area (Å²) in [4.78, 5) is 11.3. The van der Waals surface area contributed by atoms with Gasteiger partial charge in [-0.1, -0.05) is 13.8 Å². The summed E-state index contributed by atoms with van der Waals surface area (Å²) < 4.78 is 0. The second-order valence-corrected chi connectivity index (χ2v) is 6.30. The molecule has 0 saturated heterocycles. The predicted octanol–water partition coefficient (Wildman–Crippen LogP) is 2.86. The Bertz CT molecular complexity index is 570. The molecule has 0 radical (unpaired) electrons. The molecule has 20 heavy (non-hydrogen) atoms. The zero-order chi connectivity index (χ0) is 14.5. The van der Waals surface area contributed by atoms with E-state index in [1.807, 2.05) is 6.92 Å². The Labute approximate surface area is 123 Å². The van der Waals surface area contributed by atoms with Gasteiger partial charge in [0, 0.05) is 24.6 Å². The van der Waals surface area contributed by atoms with Crippen LogP contribution in [0.15, 0.2) is 6.07 Å². The fourth-order valence-electron chi connectivity index (χ4n) is 1.83. The van der Waals surface area contributed by atoms with Crippen molar-refractivity contribution in [2.75, 3.05) is 30.3 Å². The van der Waals surface area contributed by atoms with Gasteiger partial charge in [0.05, 0.1) is 5.39 Å². The molecule has 2 rings (SSSR count). The second kappa shape index (κ2) is 6.85. The predicted molar refractivity (Wildman–Crippen MR) is 85.7 cm³/mol. The first-order chi connectivity index (χ1) is 9.63. The zero-order valence-corrected chi connectivity index (χ0v) is 13.0. The number of fused-ring (bicyclic) bond motifs is 1. The molecule has 0 aliphatic rings. The van der Waals surface area contributed by atoms with E-state index in [4.69, 9.17) is 5.11 Å². The summed E-state index contributed by atoms with van der Waals surface area (Å²) in [6, 6.07) is 2.11. The maximum Gasteiger partial charge on any atom is 0.226 e. The third-order valence-electron chi connectivity index (χ3n) is 2.98. The number of thiophene rings is 1. The van der Waals surface area contributed by atoms with Crippen LogP contribution in [0.25, 0.3) is 10.2 Å². The molecule has 0 amide bonds. The molecule has 0 fully saturated rings. The second-order valence-electron chi connectivity index (χ2n) is 5.07. The standard InChI is InChI=1S/C14H22N4OS/c1-4-5-15-14-17-12(16-7-9(2)8-19)11-6-10(3)20-13(11)18-14/h6,9,19H,4-5,7-8H2,1-3H3,(H2,15,16,17,18). The molecule has 3 N–H and O–H groups in total. The molecule has 2 aromatic heterocycles. The molecule has 5 nitrogen and oxygen atoms in total. The maximum atomic E-state index is 9.12. The van der Waals surface area contributed by atoms with Crippen LogP contribution < -0.4 is 10.6 Å². The number of nitrogens with one attached hydrogen (secondary N) is 2. The van der Waals surface area contributed by atoms with Crippen molar-refractivity contribution in [2.45, 2.75) is 27.2 Å². The van der Waals surface area contributed by atoms with Crippen LogP contribution in [0.3, 0.4) is 0 Å². The summed E-state index contributed by atoms with van der Waals surface area (Å²) in [6.45, 7) is 7.92. The van der Waals surface area contributed by atoms with E-state index in [2.05, 4.69) is 40.5 Å². The van der Waals surface area contributed by atoms with Crippen molar-refractivity contribution in [3.63, 3.8) is 0 Å². The number of aliphatic hydroxyl groups is 1. The van der Waals surface area contributed by atoms with Crippen molar-refractivity contribution < 1.29 is 5.11 Å². The number of aryl methyl sites for hydroxylation is 1. The molecule has 0 aromatic carbocycles. The van der Waals surface area contributed by atoms with Gasteiger partial charge in [-0.05, 0) is 25.3 Å². The van der Waals surface area contributed by atoms with Crippen molar-refractivity contribution in [3.05, 3.63) is 10.9 Å². The van der Waals surface area contributed by atoms with Crippen LogP contribution in [0.5, 0.6) is 0 Å². The summed E-state index contributed by atoms with van der Waals surface area (Å²) in [5, 5.41) is 16.7. The SMILES string of the molecule is CCCNc1nc(NCC(C)CO)c2cc(C)sc2n1. The molecular formula is C14H22N4OS. The van der Waals surface area contributed by atoms with Crippen LogP contribution >= 0.6 is 11.3 Å². The number of rotatable bonds is 7. The van der Waals surface area contributed by atoms with Gasteiger partial charge in [0.2, 0.25) is 5.95 Å². The third-order valence-corrected chi connectivity index (χ3v) is 3.92. The van der Waals surface area contributed by atoms with E-state index in [9.17, 15) is 0 Å². The van der Waals surface area contributed by atoms with Crippen LogP contribution in [-0.4, -0.2) is 34.8 Å². The molecule has 1 atom stereocenters. The lowest BCUT2D eigenvalue weighted by molar-refractivity contribution is 0.244. The molecule has 0 saturated carbocycles. The van der Waals surface area contributed by atoms with E-state index in [0.717, 1.165) is 29.0 Å². The first-order valence-electron chi connectivity index (χ1n) is 7.00. The fourth-order valence-corrected chi connectivity index (χ4v) is 2.71. The first kappa shape index (κ1) is 15.0.